The number of aryl methyl sites for hydroxylation is 1. The summed E-state index contributed by atoms with van der Waals surface area (Å²) in [6.07, 6.45) is 1.96. The van der Waals surface area contributed by atoms with Crippen molar-refractivity contribution in [3.05, 3.63) is 40.7 Å². The Kier molecular flexibility index (Phi) is 4.13. The first-order chi connectivity index (χ1) is 10.6. The molecule has 1 aromatic heterocycles. The summed E-state index contributed by atoms with van der Waals surface area (Å²) in [7, 11) is 0. The standard InChI is InChI=1S/C15H17ClN4O2/c1-10-14(15(22)19(7-8-21)12-5-6-12)18-20(17-10)13-4-2-3-11(16)9-13/h2-4,9,12,21H,5-8H2,1H3. The van der Waals surface area contributed by atoms with Crippen molar-refractivity contribution in [3.8, 4) is 5.69 Å². The summed E-state index contributed by atoms with van der Waals surface area (Å²) in [4.78, 5) is 15.7. The molecule has 22 heavy (non-hydrogen) atoms. The number of aromatic nitrogens is 3. The zero-order chi connectivity index (χ0) is 15.7. The number of nitrogens with zero attached hydrogens (tertiary/aromatic N) is 4. The molecule has 1 N–H and O–H groups in total. The molecule has 2 aromatic rings. The molecule has 0 spiro atoms. The molecule has 1 aliphatic carbocycles. The molecule has 1 saturated carbocycles. The van der Waals surface area contributed by atoms with Crippen LogP contribution in [0.4, 0.5) is 0 Å². The molecule has 0 unspecified atom stereocenters. The van der Waals surface area contributed by atoms with Crippen molar-refractivity contribution >= 4 is 17.5 Å². The van der Waals surface area contributed by atoms with Crippen LogP contribution in [0.5, 0.6) is 0 Å². The van der Waals surface area contributed by atoms with Crippen LogP contribution in [0.15, 0.2) is 24.3 Å². The number of carbonyl (C=O) groups is 1. The van der Waals surface area contributed by atoms with Gasteiger partial charge in [-0.1, -0.05) is 17.7 Å². The Morgan fingerprint density at radius 2 is 2.23 bits per heavy atom. The summed E-state index contributed by atoms with van der Waals surface area (Å²) in [5.41, 5.74) is 1.59. The Morgan fingerprint density at radius 1 is 1.45 bits per heavy atom. The third kappa shape index (κ3) is 2.98. The number of carbonyl (C=O) groups excluding carboxylic acids is 1. The summed E-state index contributed by atoms with van der Waals surface area (Å²) in [5, 5.41) is 18.3. The van der Waals surface area contributed by atoms with Gasteiger partial charge in [-0.2, -0.15) is 9.90 Å². The number of benzene rings is 1. The van der Waals surface area contributed by atoms with Gasteiger partial charge in [0.05, 0.1) is 18.0 Å². The number of halogens is 1. The first-order valence-corrected chi connectivity index (χ1v) is 7.59. The SMILES string of the molecule is Cc1nn(-c2cccc(Cl)c2)nc1C(=O)N(CCO)C1CC1. The van der Waals surface area contributed by atoms with Gasteiger partial charge in [0.15, 0.2) is 5.69 Å². The minimum absolute atomic E-state index is 0.0519. The predicted molar refractivity (Wildman–Crippen MR) is 82.3 cm³/mol. The van der Waals surface area contributed by atoms with E-state index in [1.54, 1.807) is 30.0 Å². The van der Waals surface area contributed by atoms with Gasteiger partial charge in [0.1, 0.15) is 0 Å². The zero-order valence-electron chi connectivity index (χ0n) is 12.2. The molecule has 3 rings (SSSR count). The molecule has 0 radical (unpaired) electrons. The number of hydrogen-bond acceptors (Lipinski definition) is 4. The highest BCUT2D eigenvalue weighted by Crippen LogP contribution is 2.28. The van der Waals surface area contributed by atoms with Gasteiger partial charge >= 0.3 is 0 Å². The Balaban J connectivity index is 1.90. The first kappa shape index (κ1) is 15.0. The zero-order valence-corrected chi connectivity index (χ0v) is 13.0. The first-order valence-electron chi connectivity index (χ1n) is 7.22. The fourth-order valence-electron chi connectivity index (χ4n) is 2.37. The van der Waals surface area contributed by atoms with Crippen LogP contribution in [0.3, 0.4) is 0 Å². The van der Waals surface area contributed by atoms with E-state index in [-0.39, 0.29) is 18.6 Å². The lowest BCUT2D eigenvalue weighted by Crippen LogP contribution is -2.36. The number of aliphatic hydroxyl groups excluding tert-OH is 1. The average molecular weight is 321 g/mol. The van der Waals surface area contributed by atoms with E-state index in [9.17, 15) is 4.79 Å². The normalized spacial score (nSPS) is 14.1. The number of hydrogen-bond donors (Lipinski definition) is 1. The Bertz CT molecular complexity index is 697. The van der Waals surface area contributed by atoms with Crippen LogP contribution in [0, 0.1) is 6.92 Å². The van der Waals surface area contributed by atoms with Crippen LogP contribution in [-0.4, -0.2) is 50.1 Å². The monoisotopic (exact) mass is 320 g/mol. The van der Waals surface area contributed by atoms with Gasteiger partial charge in [0, 0.05) is 17.6 Å². The van der Waals surface area contributed by atoms with Crippen molar-refractivity contribution in [2.24, 2.45) is 0 Å². The van der Waals surface area contributed by atoms with E-state index in [1.807, 2.05) is 6.07 Å². The Labute approximate surface area is 133 Å². The highest BCUT2D eigenvalue weighted by Gasteiger charge is 2.34. The van der Waals surface area contributed by atoms with E-state index in [0.29, 0.717) is 28.6 Å². The van der Waals surface area contributed by atoms with Gasteiger partial charge in [0.2, 0.25) is 0 Å². The Hall–Kier alpha value is -1.92. The van der Waals surface area contributed by atoms with E-state index in [2.05, 4.69) is 10.2 Å². The van der Waals surface area contributed by atoms with Gasteiger partial charge in [-0.05, 0) is 38.0 Å². The molecule has 116 valence electrons. The summed E-state index contributed by atoms with van der Waals surface area (Å²) in [6.45, 7) is 2.03. The van der Waals surface area contributed by atoms with Gasteiger partial charge in [0.25, 0.3) is 5.91 Å². The molecule has 7 heteroatoms. The quantitative estimate of drug-likeness (QED) is 0.912. The lowest BCUT2D eigenvalue weighted by atomic mass is 10.3. The molecule has 0 bridgehead atoms. The van der Waals surface area contributed by atoms with Crippen molar-refractivity contribution in [1.29, 1.82) is 0 Å². The second kappa shape index (κ2) is 6.06. The Morgan fingerprint density at radius 3 is 2.86 bits per heavy atom. The second-order valence-corrected chi connectivity index (χ2v) is 5.79. The van der Waals surface area contributed by atoms with Crippen LogP contribution < -0.4 is 0 Å². The largest absolute Gasteiger partial charge is 0.395 e. The maximum Gasteiger partial charge on any atom is 0.276 e. The maximum absolute atomic E-state index is 12.6. The minimum Gasteiger partial charge on any atom is -0.395 e. The fourth-order valence-corrected chi connectivity index (χ4v) is 2.56. The molecule has 1 heterocycles. The van der Waals surface area contributed by atoms with Crippen molar-refractivity contribution in [1.82, 2.24) is 19.9 Å². The molecule has 0 saturated heterocycles. The predicted octanol–water partition coefficient (Wildman–Crippen LogP) is 1.83. The van der Waals surface area contributed by atoms with Crippen molar-refractivity contribution in [2.45, 2.75) is 25.8 Å². The van der Waals surface area contributed by atoms with Crippen molar-refractivity contribution in [2.75, 3.05) is 13.2 Å². The van der Waals surface area contributed by atoms with Crippen molar-refractivity contribution < 1.29 is 9.90 Å². The summed E-state index contributed by atoms with van der Waals surface area (Å²) < 4.78 is 0. The molecule has 0 atom stereocenters. The molecule has 1 aliphatic rings. The van der Waals surface area contributed by atoms with Gasteiger partial charge in [-0.25, -0.2) is 0 Å². The summed E-state index contributed by atoms with van der Waals surface area (Å²) in [5.74, 6) is -0.178. The van der Waals surface area contributed by atoms with Gasteiger partial charge in [-0.15, -0.1) is 5.10 Å². The average Bonchev–Trinajstić information content (AvgIpc) is 3.26. The molecule has 1 amide bonds. The fraction of sp³-hybridized carbons (Fsp3) is 0.400. The molecule has 1 aromatic carbocycles. The van der Waals surface area contributed by atoms with Crippen LogP contribution in [0.1, 0.15) is 29.0 Å². The minimum atomic E-state index is -0.178. The smallest absolute Gasteiger partial charge is 0.276 e. The van der Waals surface area contributed by atoms with Crippen LogP contribution in [-0.2, 0) is 0 Å². The number of rotatable bonds is 5. The van der Waals surface area contributed by atoms with E-state index >= 15 is 0 Å². The van der Waals surface area contributed by atoms with E-state index < -0.39 is 0 Å². The molecular formula is C15H17ClN4O2. The highest BCUT2D eigenvalue weighted by atomic mass is 35.5. The third-order valence-electron chi connectivity index (χ3n) is 3.61. The lowest BCUT2D eigenvalue weighted by Gasteiger charge is -2.20. The molecular weight excluding hydrogens is 304 g/mol. The number of aliphatic hydroxyl groups is 1. The van der Waals surface area contributed by atoms with Crippen molar-refractivity contribution in [3.63, 3.8) is 0 Å². The van der Waals surface area contributed by atoms with Crippen LogP contribution in [0.2, 0.25) is 5.02 Å². The molecule has 1 fully saturated rings. The lowest BCUT2D eigenvalue weighted by molar-refractivity contribution is 0.0700. The van der Waals surface area contributed by atoms with Crippen LogP contribution >= 0.6 is 11.6 Å². The second-order valence-electron chi connectivity index (χ2n) is 5.36. The summed E-state index contributed by atoms with van der Waals surface area (Å²) in [6, 6.07) is 7.35. The summed E-state index contributed by atoms with van der Waals surface area (Å²) >= 11 is 5.97. The van der Waals surface area contributed by atoms with Gasteiger partial charge < -0.3 is 10.0 Å². The van der Waals surface area contributed by atoms with E-state index in [1.165, 1.54) is 4.80 Å². The number of amides is 1. The topological polar surface area (TPSA) is 71.2 Å². The van der Waals surface area contributed by atoms with Crippen LogP contribution in [0.25, 0.3) is 5.69 Å². The van der Waals surface area contributed by atoms with Gasteiger partial charge in [-0.3, -0.25) is 4.79 Å². The maximum atomic E-state index is 12.6. The van der Waals surface area contributed by atoms with E-state index in [0.717, 1.165) is 12.8 Å². The molecule has 6 nitrogen and oxygen atoms in total. The third-order valence-corrected chi connectivity index (χ3v) is 3.85. The molecule has 0 aliphatic heterocycles. The van der Waals surface area contributed by atoms with E-state index in [4.69, 9.17) is 16.7 Å². The highest BCUT2D eigenvalue weighted by molar-refractivity contribution is 6.30.